The van der Waals surface area contributed by atoms with Crippen molar-refractivity contribution in [1.82, 2.24) is 25.1 Å². The Bertz CT molecular complexity index is 1440. The fraction of sp³-hybridized carbons (Fsp3) is 0.125. The van der Waals surface area contributed by atoms with Crippen LogP contribution in [0.3, 0.4) is 0 Å². The van der Waals surface area contributed by atoms with Gasteiger partial charge in [0, 0.05) is 18.8 Å². The van der Waals surface area contributed by atoms with Crippen molar-refractivity contribution in [2.24, 2.45) is 0 Å². The SMILES string of the molecule is Cc1cc(CNC(=O)Nc2cc(C(F)(F)F)ccc2-n2cncn2)ccc1Oc1ccnc(C(=O)O)c1. The molecule has 0 spiro atoms. The zero-order valence-corrected chi connectivity index (χ0v) is 19.2. The maximum absolute atomic E-state index is 13.2. The zero-order chi connectivity index (χ0) is 26.6. The first-order valence-electron chi connectivity index (χ1n) is 10.7. The summed E-state index contributed by atoms with van der Waals surface area (Å²) in [6, 6.07) is 10.1. The Morgan fingerprint density at radius 3 is 2.59 bits per heavy atom. The number of aromatic nitrogens is 4. The number of ether oxygens (including phenoxy) is 1. The summed E-state index contributed by atoms with van der Waals surface area (Å²) in [7, 11) is 0. The average molecular weight is 512 g/mol. The van der Waals surface area contributed by atoms with Crippen molar-refractivity contribution in [2.45, 2.75) is 19.6 Å². The number of alkyl halides is 3. The molecule has 2 aromatic carbocycles. The number of hydrogen-bond acceptors (Lipinski definition) is 6. The normalized spacial score (nSPS) is 11.1. The maximum Gasteiger partial charge on any atom is 0.416 e. The molecule has 4 rings (SSSR count). The topological polar surface area (TPSA) is 131 Å². The lowest BCUT2D eigenvalue weighted by Gasteiger charge is -2.15. The predicted octanol–water partition coefficient (Wildman–Crippen LogP) is 4.80. The molecule has 0 unspecified atom stereocenters. The van der Waals surface area contributed by atoms with Crippen LogP contribution in [0.15, 0.2) is 67.4 Å². The number of aromatic carboxylic acids is 1. The Balaban J connectivity index is 1.43. The van der Waals surface area contributed by atoms with E-state index in [4.69, 9.17) is 9.84 Å². The molecule has 2 heterocycles. The highest BCUT2D eigenvalue weighted by molar-refractivity contribution is 5.91. The number of pyridine rings is 1. The van der Waals surface area contributed by atoms with Crippen LogP contribution >= 0.6 is 0 Å². The van der Waals surface area contributed by atoms with Crippen molar-refractivity contribution in [3.63, 3.8) is 0 Å². The van der Waals surface area contributed by atoms with E-state index in [2.05, 4.69) is 25.7 Å². The van der Waals surface area contributed by atoms with Gasteiger partial charge in [-0.25, -0.2) is 24.2 Å². The quantitative estimate of drug-likeness (QED) is 0.324. The Morgan fingerprint density at radius 1 is 1.11 bits per heavy atom. The van der Waals surface area contributed by atoms with E-state index in [0.29, 0.717) is 22.6 Å². The molecule has 0 aliphatic rings. The summed E-state index contributed by atoms with van der Waals surface area (Å²) < 4.78 is 46.6. The number of carbonyl (C=O) groups excluding carboxylic acids is 1. The lowest BCUT2D eigenvalue weighted by molar-refractivity contribution is -0.137. The molecule has 0 bridgehead atoms. The van der Waals surface area contributed by atoms with Crippen LogP contribution in [0.1, 0.15) is 27.2 Å². The highest BCUT2D eigenvalue weighted by Gasteiger charge is 2.31. The van der Waals surface area contributed by atoms with E-state index in [9.17, 15) is 22.8 Å². The second kappa shape index (κ2) is 10.4. The lowest BCUT2D eigenvalue weighted by Crippen LogP contribution is -2.29. The minimum absolute atomic E-state index is 0.0724. The van der Waals surface area contributed by atoms with Crippen LogP contribution < -0.4 is 15.4 Å². The van der Waals surface area contributed by atoms with Crippen LogP contribution in [-0.2, 0) is 12.7 Å². The molecule has 4 aromatic rings. The van der Waals surface area contributed by atoms with E-state index in [0.717, 1.165) is 12.1 Å². The second-order valence-corrected chi connectivity index (χ2v) is 7.76. The van der Waals surface area contributed by atoms with Gasteiger partial charge in [-0.1, -0.05) is 12.1 Å². The number of rotatable bonds is 7. The molecule has 13 heteroatoms. The van der Waals surface area contributed by atoms with Gasteiger partial charge in [-0.3, -0.25) is 0 Å². The van der Waals surface area contributed by atoms with E-state index in [1.54, 1.807) is 25.1 Å². The number of carboxylic acid groups (broad SMARTS) is 1. The van der Waals surface area contributed by atoms with Crippen molar-refractivity contribution in [3.05, 3.63) is 89.8 Å². The van der Waals surface area contributed by atoms with Gasteiger partial charge >= 0.3 is 18.2 Å². The van der Waals surface area contributed by atoms with Gasteiger partial charge < -0.3 is 20.5 Å². The molecule has 190 valence electrons. The highest BCUT2D eigenvalue weighted by Crippen LogP contribution is 2.33. The van der Waals surface area contributed by atoms with Crippen LogP contribution in [0.5, 0.6) is 11.5 Å². The van der Waals surface area contributed by atoms with E-state index >= 15 is 0 Å². The third kappa shape index (κ3) is 6.20. The summed E-state index contributed by atoms with van der Waals surface area (Å²) in [5.74, 6) is -0.414. The van der Waals surface area contributed by atoms with E-state index in [-0.39, 0.29) is 23.6 Å². The predicted molar refractivity (Wildman–Crippen MR) is 125 cm³/mol. The summed E-state index contributed by atoms with van der Waals surface area (Å²) in [6.45, 7) is 1.84. The summed E-state index contributed by atoms with van der Waals surface area (Å²) >= 11 is 0. The third-order valence-corrected chi connectivity index (χ3v) is 5.11. The highest BCUT2D eigenvalue weighted by atomic mass is 19.4. The number of nitrogens with zero attached hydrogens (tertiary/aromatic N) is 4. The van der Waals surface area contributed by atoms with Gasteiger partial charge in [-0.05, 0) is 48.4 Å². The number of urea groups is 1. The minimum atomic E-state index is -4.60. The Hall–Kier alpha value is -4.94. The molecular formula is C24H19F3N6O4. The smallest absolute Gasteiger partial charge is 0.416 e. The van der Waals surface area contributed by atoms with Crippen LogP contribution in [-0.4, -0.2) is 36.9 Å². The molecule has 3 N–H and O–H groups in total. The molecule has 10 nitrogen and oxygen atoms in total. The zero-order valence-electron chi connectivity index (χ0n) is 19.2. The molecule has 0 aliphatic heterocycles. The molecule has 2 amide bonds. The Kier molecular flexibility index (Phi) is 7.04. The van der Waals surface area contributed by atoms with Crippen molar-refractivity contribution < 1.29 is 32.6 Å². The molecule has 2 aromatic heterocycles. The first kappa shape index (κ1) is 25.2. The molecule has 0 radical (unpaired) electrons. The van der Waals surface area contributed by atoms with Crippen LogP contribution in [0.2, 0.25) is 0 Å². The van der Waals surface area contributed by atoms with Gasteiger partial charge in [-0.15, -0.1) is 0 Å². The minimum Gasteiger partial charge on any atom is -0.477 e. The fourth-order valence-electron chi connectivity index (χ4n) is 3.35. The number of aryl methyl sites for hydroxylation is 1. The van der Waals surface area contributed by atoms with Gasteiger partial charge in [0.2, 0.25) is 0 Å². The number of benzene rings is 2. The molecular weight excluding hydrogens is 493 g/mol. The standard InChI is InChI=1S/C24H19F3N6O4/c1-14-8-15(2-5-21(14)37-17-6-7-29-19(10-17)22(34)35)11-30-23(36)32-18-9-16(24(25,26)27)3-4-20(18)33-13-28-12-31-33/h2-10,12-13H,11H2,1H3,(H,34,35)(H2,30,32,36). The fourth-order valence-corrected chi connectivity index (χ4v) is 3.35. The Morgan fingerprint density at radius 2 is 1.92 bits per heavy atom. The largest absolute Gasteiger partial charge is 0.477 e. The van der Waals surface area contributed by atoms with Gasteiger partial charge in [0.05, 0.1) is 16.9 Å². The number of carboxylic acids is 1. The second-order valence-electron chi connectivity index (χ2n) is 7.76. The average Bonchev–Trinajstić information content (AvgIpc) is 3.39. The van der Waals surface area contributed by atoms with E-state index in [1.165, 1.54) is 41.7 Å². The van der Waals surface area contributed by atoms with E-state index < -0.39 is 23.7 Å². The summed E-state index contributed by atoms with van der Waals surface area (Å²) in [6.07, 6.45) is -0.756. The third-order valence-electron chi connectivity index (χ3n) is 5.11. The maximum atomic E-state index is 13.2. The van der Waals surface area contributed by atoms with Crippen molar-refractivity contribution in [3.8, 4) is 17.2 Å². The number of carbonyl (C=O) groups is 2. The van der Waals surface area contributed by atoms with Gasteiger partial charge in [-0.2, -0.15) is 18.3 Å². The molecule has 0 fully saturated rings. The van der Waals surface area contributed by atoms with Gasteiger partial charge in [0.25, 0.3) is 0 Å². The number of nitrogens with one attached hydrogen (secondary N) is 2. The van der Waals surface area contributed by atoms with Crippen LogP contribution in [0, 0.1) is 6.92 Å². The molecule has 0 atom stereocenters. The Labute approximate surface area is 207 Å². The van der Waals surface area contributed by atoms with Crippen LogP contribution in [0.25, 0.3) is 5.69 Å². The van der Waals surface area contributed by atoms with Gasteiger partial charge in [0.1, 0.15) is 24.2 Å². The number of amides is 2. The monoisotopic (exact) mass is 512 g/mol. The first-order valence-corrected chi connectivity index (χ1v) is 10.7. The molecule has 0 saturated heterocycles. The number of halogens is 3. The number of hydrogen-bond donors (Lipinski definition) is 3. The van der Waals surface area contributed by atoms with Crippen molar-refractivity contribution in [1.29, 1.82) is 0 Å². The van der Waals surface area contributed by atoms with E-state index in [1.807, 2.05) is 0 Å². The summed E-state index contributed by atoms with van der Waals surface area (Å²) in [5.41, 5.74) is 0.425. The van der Waals surface area contributed by atoms with Crippen molar-refractivity contribution in [2.75, 3.05) is 5.32 Å². The molecule has 37 heavy (non-hydrogen) atoms. The summed E-state index contributed by atoms with van der Waals surface area (Å²) in [4.78, 5) is 31.1. The van der Waals surface area contributed by atoms with Crippen LogP contribution in [0.4, 0.5) is 23.7 Å². The van der Waals surface area contributed by atoms with Gasteiger partial charge in [0.15, 0.2) is 5.69 Å². The lowest BCUT2D eigenvalue weighted by atomic mass is 10.1. The van der Waals surface area contributed by atoms with Crippen molar-refractivity contribution >= 4 is 17.7 Å². The molecule has 0 aliphatic carbocycles. The number of anilines is 1. The summed E-state index contributed by atoms with van der Waals surface area (Å²) in [5, 5.41) is 18.0. The first-order chi connectivity index (χ1) is 17.6. The molecule has 0 saturated carbocycles.